The van der Waals surface area contributed by atoms with Crippen LogP contribution in [0.5, 0.6) is 0 Å². The van der Waals surface area contributed by atoms with E-state index in [1.165, 1.54) is 23.0 Å². The highest BCUT2D eigenvalue weighted by molar-refractivity contribution is 6.29. The Bertz CT molecular complexity index is 1270. The molecule has 0 radical (unpaired) electrons. The number of rotatable bonds is 5. The van der Waals surface area contributed by atoms with Crippen LogP contribution in [0.2, 0.25) is 0 Å². The molecule has 4 aromatic rings. The van der Waals surface area contributed by atoms with Crippen LogP contribution in [-0.4, -0.2) is 47.1 Å². The highest BCUT2D eigenvalue weighted by atomic mass is 35.5. The number of anilines is 2. The average molecular weight is 429 g/mol. The Balaban J connectivity index is 1.59. The number of hydrogen-bond acceptors (Lipinski definition) is 6. The number of amides is 2. The lowest BCUT2D eigenvalue weighted by Crippen LogP contribution is -2.16. The Morgan fingerprint density at radius 1 is 1.10 bits per heavy atom. The molecule has 0 unspecified atom stereocenters. The molecule has 0 saturated heterocycles. The zero-order valence-electron chi connectivity index (χ0n) is 15.5. The standard InChI is InChI=1S/C18H14ClFN8O2/c1-27-8-10(4-23-27)14-9-28-15(7-21-14)12(6-24-28)18(30)26-13-2-11(5-22-17(13)20)25-16(29)3-19/h2,4-9H,3H2,1H3,(H,25,29)(H,26,30). The van der Waals surface area contributed by atoms with Crippen molar-refractivity contribution in [3.63, 3.8) is 0 Å². The van der Waals surface area contributed by atoms with Crippen molar-refractivity contribution in [1.82, 2.24) is 29.4 Å². The molecule has 2 N–H and O–H groups in total. The van der Waals surface area contributed by atoms with Crippen LogP contribution < -0.4 is 10.6 Å². The maximum atomic E-state index is 14.0. The van der Waals surface area contributed by atoms with E-state index in [2.05, 4.69) is 30.8 Å². The summed E-state index contributed by atoms with van der Waals surface area (Å²) in [6.07, 6.45) is 9.09. The van der Waals surface area contributed by atoms with E-state index in [0.717, 1.165) is 11.8 Å². The molecule has 0 aliphatic carbocycles. The van der Waals surface area contributed by atoms with Crippen LogP contribution >= 0.6 is 11.6 Å². The molecule has 0 fully saturated rings. The second-order valence-electron chi connectivity index (χ2n) is 6.26. The van der Waals surface area contributed by atoms with Gasteiger partial charge in [0, 0.05) is 18.8 Å². The molecule has 30 heavy (non-hydrogen) atoms. The highest BCUT2D eigenvalue weighted by Gasteiger charge is 2.17. The van der Waals surface area contributed by atoms with Gasteiger partial charge in [-0.05, 0) is 6.07 Å². The zero-order chi connectivity index (χ0) is 21.3. The zero-order valence-corrected chi connectivity index (χ0v) is 16.3. The Kier molecular flexibility index (Phi) is 5.11. The van der Waals surface area contributed by atoms with E-state index in [0.29, 0.717) is 11.2 Å². The van der Waals surface area contributed by atoms with Crippen LogP contribution in [0.1, 0.15) is 10.4 Å². The minimum atomic E-state index is -0.902. The summed E-state index contributed by atoms with van der Waals surface area (Å²) < 4.78 is 17.2. The van der Waals surface area contributed by atoms with Crippen LogP contribution in [0.25, 0.3) is 16.8 Å². The lowest BCUT2D eigenvalue weighted by atomic mass is 10.2. The molecule has 152 valence electrons. The van der Waals surface area contributed by atoms with Crippen molar-refractivity contribution in [3.8, 4) is 11.3 Å². The van der Waals surface area contributed by atoms with E-state index in [9.17, 15) is 14.0 Å². The van der Waals surface area contributed by atoms with E-state index in [1.54, 1.807) is 30.3 Å². The fourth-order valence-electron chi connectivity index (χ4n) is 2.75. The maximum Gasteiger partial charge on any atom is 0.259 e. The molecule has 10 nitrogen and oxygen atoms in total. The number of carbonyl (C=O) groups is 2. The quantitative estimate of drug-likeness (QED) is 0.371. The SMILES string of the molecule is Cn1cc(-c2cn3ncc(C(=O)Nc4cc(NC(=O)CCl)cnc4F)c3cn2)cn1. The first-order chi connectivity index (χ1) is 14.4. The van der Waals surface area contributed by atoms with Crippen LogP contribution in [0, 0.1) is 5.95 Å². The van der Waals surface area contributed by atoms with Gasteiger partial charge in [0.25, 0.3) is 5.91 Å². The number of nitrogens with one attached hydrogen (secondary N) is 2. The summed E-state index contributed by atoms with van der Waals surface area (Å²) in [6.45, 7) is 0. The Morgan fingerprint density at radius 3 is 2.67 bits per heavy atom. The van der Waals surface area contributed by atoms with Crippen molar-refractivity contribution in [3.05, 3.63) is 54.8 Å². The van der Waals surface area contributed by atoms with Gasteiger partial charge in [0.2, 0.25) is 11.9 Å². The van der Waals surface area contributed by atoms with Crippen molar-refractivity contribution in [1.29, 1.82) is 0 Å². The number of alkyl halides is 1. The summed E-state index contributed by atoms with van der Waals surface area (Å²) in [5.74, 6) is -2.27. The third-order valence-electron chi connectivity index (χ3n) is 4.14. The fraction of sp³-hybridized carbons (Fsp3) is 0.111. The average Bonchev–Trinajstić information content (AvgIpc) is 3.36. The molecule has 4 rings (SSSR count). The molecule has 4 aromatic heterocycles. The summed E-state index contributed by atoms with van der Waals surface area (Å²) in [6, 6.07) is 1.25. The summed E-state index contributed by atoms with van der Waals surface area (Å²) >= 11 is 5.44. The van der Waals surface area contributed by atoms with Crippen molar-refractivity contribution in [2.24, 2.45) is 7.05 Å². The minimum Gasteiger partial charge on any atom is -0.324 e. The first-order valence-electron chi connectivity index (χ1n) is 8.59. The smallest absolute Gasteiger partial charge is 0.259 e. The lowest BCUT2D eigenvalue weighted by Gasteiger charge is -2.08. The Hall–Kier alpha value is -3.86. The van der Waals surface area contributed by atoms with Crippen molar-refractivity contribution < 1.29 is 14.0 Å². The Morgan fingerprint density at radius 2 is 1.93 bits per heavy atom. The Labute approximate surface area is 173 Å². The number of halogens is 2. The van der Waals surface area contributed by atoms with Gasteiger partial charge in [-0.3, -0.25) is 19.3 Å². The molecule has 2 amide bonds. The summed E-state index contributed by atoms with van der Waals surface area (Å²) in [5, 5.41) is 13.1. The number of carbonyl (C=O) groups excluding carboxylic acids is 2. The van der Waals surface area contributed by atoms with Crippen LogP contribution in [0.3, 0.4) is 0 Å². The molecule has 0 atom stereocenters. The molecular weight excluding hydrogens is 415 g/mol. The van der Waals surface area contributed by atoms with Crippen LogP contribution in [0.4, 0.5) is 15.8 Å². The molecule has 0 spiro atoms. The molecule has 12 heteroatoms. The van der Waals surface area contributed by atoms with E-state index in [-0.39, 0.29) is 22.8 Å². The van der Waals surface area contributed by atoms with Gasteiger partial charge in [-0.15, -0.1) is 11.6 Å². The summed E-state index contributed by atoms with van der Waals surface area (Å²) in [5.41, 5.74) is 2.04. The van der Waals surface area contributed by atoms with Gasteiger partial charge in [0.05, 0.1) is 59.1 Å². The first kappa shape index (κ1) is 19.5. The number of nitrogens with zero attached hydrogens (tertiary/aromatic N) is 6. The highest BCUT2D eigenvalue weighted by Crippen LogP contribution is 2.21. The number of aromatic nitrogens is 6. The third-order valence-corrected chi connectivity index (χ3v) is 4.38. The number of fused-ring (bicyclic) bond motifs is 1. The van der Waals surface area contributed by atoms with Crippen LogP contribution in [0.15, 0.2) is 43.2 Å². The summed E-state index contributed by atoms with van der Waals surface area (Å²) in [7, 11) is 1.79. The number of pyridine rings is 1. The van der Waals surface area contributed by atoms with Crippen molar-refractivity contribution in [2.75, 3.05) is 16.5 Å². The fourth-order valence-corrected chi connectivity index (χ4v) is 2.82. The van der Waals surface area contributed by atoms with Gasteiger partial charge in [-0.25, -0.2) is 9.50 Å². The predicted molar refractivity (Wildman–Crippen MR) is 107 cm³/mol. The maximum absolute atomic E-state index is 14.0. The normalized spacial score (nSPS) is 10.9. The molecular formula is C18H14ClFN8O2. The number of hydrogen-bond donors (Lipinski definition) is 2. The van der Waals surface area contributed by atoms with Gasteiger partial charge in [-0.2, -0.15) is 14.6 Å². The van der Waals surface area contributed by atoms with Gasteiger partial charge < -0.3 is 10.6 Å². The largest absolute Gasteiger partial charge is 0.324 e. The van der Waals surface area contributed by atoms with Crippen LogP contribution in [-0.2, 0) is 11.8 Å². The molecule has 0 aliphatic heterocycles. The second-order valence-corrected chi connectivity index (χ2v) is 6.53. The van der Waals surface area contributed by atoms with E-state index >= 15 is 0 Å². The van der Waals surface area contributed by atoms with Crippen molar-refractivity contribution in [2.45, 2.75) is 0 Å². The van der Waals surface area contributed by atoms with Crippen molar-refractivity contribution >= 4 is 40.3 Å². The van der Waals surface area contributed by atoms with Gasteiger partial charge in [-0.1, -0.05) is 0 Å². The van der Waals surface area contributed by atoms with Gasteiger partial charge in [0.15, 0.2) is 0 Å². The molecule has 4 heterocycles. The molecule has 0 aromatic carbocycles. The van der Waals surface area contributed by atoms with E-state index in [1.807, 2.05) is 0 Å². The molecule has 0 bridgehead atoms. The second kappa shape index (κ2) is 7.87. The first-order valence-corrected chi connectivity index (χ1v) is 9.13. The predicted octanol–water partition coefficient (Wildman–Crippen LogP) is 2.09. The third kappa shape index (κ3) is 3.82. The van der Waals surface area contributed by atoms with Gasteiger partial charge >= 0.3 is 0 Å². The minimum absolute atomic E-state index is 0.190. The number of aryl methyl sites for hydroxylation is 1. The van der Waals surface area contributed by atoms with E-state index in [4.69, 9.17) is 11.6 Å². The van der Waals surface area contributed by atoms with Gasteiger partial charge in [0.1, 0.15) is 5.88 Å². The lowest BCUT2D eigenvalue weighted by molar-refractivity contribution is -0.113. The topological polar surface area (TPSA) is 119 Å². The monoisotopic (exact) mass is 428 g/mol. The molecule has 0 saturated carbocycles. The molecule has 0 aliphatic rings. The summed E-state index contributed by atoms with van der Waals surface area (Å²) in [4.78, 5) is 31.9. The van der Waals surface area contributed by atoms with E-state index < -0.39 is 17.8 Å².